The largest absolute Gasteiger partial charge is 0.339 e. The van der Waals surface area contributed by atoms with Crippen LogP contribution in [0, 0.1) is 5.92 Å². The van der Waals surface area contributed by atoms with Gasteiger partial charge in [-0.15, -0.1) is 0 Å². The molecule has 2 atom stereocenters. The number of hydrogen-bond acceptors (Lipinski definition) is 4. The Morgan fingerprint density at radius 3 is 2.09 bits per heavy atom. The lowest BCUT2D eigenvalue weighted by Crippen LogP contribution is -2.51. The van der Waals surface area contributed by atoms with Crippen molar-refractivity contribution in [1.82, 2.24) is 14.1 Å². The van der Waals surface area contributed by atoms with Crippen molar-refractivity contribution in [2.24, 2.45) is 5.92 Å². The highest BCUT2D eigenvalue weighted by molar-refractivity contribution is 7.89. The summed E-state index contributed by atoms with van der Waals surface area (Å²) in [6.07, 6.45) is 3.42. The van der Waals surface area contributed by atoms with E-state index >= 15 is 0 Å². The monoisotopic (exact) mass is 495 g/mol. The quantitative estimate of drug-likeness (QED) is 0.637. The molecule has 8 heteroatoms. The van der Waals surface area contributed by atoms with Crippen molar-refractivity contribution in [2.75, 3.05) is 26.2 Å². The third-order valence-electron chi connectivity index (χ3n) is 7.54. The first-order valence-corrected chi connectivity index (χ1v) is 14.1. The number of carbonyl (C=O) groups is 2. The highest BCUT2D eigenvalue weighted by atomic mass is 32.2. The summed E-state index contributed by atoms with van der Waals surface area (Å²) < 4.78 is 28.5. The smallest absolute Gasteiger partial charge is 0.253 e. The molecule has 3 aliphatic rings. The van der Waals surface area contributed by atoms with E-state index in [1.807, 2.05) is 54.3 Å². The molecule has 2 amide bonds. The van der Waals surface area contributed by atoms with E-state index in [2.05, 4.69) is 0 Å². The van der Waals surface area contributed by atoms with Crippen molar-refractivity contribution in [3.8, 4) is 0 Å². The van der Waals surface area contributed by atoms with Gasteiger partial charge >= 0.3 is 0 Å². The van der Waals surface area contributed by atoms with Crippen molar-refractivity contribution < 1.29 is 18.0 Å². The summed E-state index contributed by atoms with van der Waals surface area (Å²) >= 11 is 0. The van der Waals surface area contributed by atoms with E-state index in [9.17, 15) is 18.0 Å². The average Bonchev–Trinajstić information content (AvgIpc) is 3.72. The van der Waals surface area contributed by atoms with Crippen LogP contribution in [0.1, 0.15) is 59.3 Å². The maximum atomic E-state index is 13.5. The van der Waals surface area contributed by atoms with E-state index in [-0.39, 0.29) is 23.8 Å². The third kappa shape index (κ3) is 5.00. The fourth-order valence-corrected chi connectivity index (χ4v) is 7.38. The van der Waals surface area contributed by atoms with E-state index < -0.39 is 15.3 Å². The number of amides is 2. The molecule has 3 fully saturated rings. The van der Waals surface area contributed by atoms with Gasteiger partial charge in [-0.2, -0.15) is 4.31 Å². The van der Waals surface area contributed by atoms with Gasteiger partial charge in [0.2, 0.25) is 15.9 Å². The number of carbonyl (C=O) groups excluding carboxylic acids is 2. The lowest BCUT2D eigenvalue weighted by Gasteiger charge is -2.37. The minimum atomic E-state index is -3.50. The van der Waals surface area contributed by atoms with E-state index in [0.717, 1.165) is 30.4 Å². The Morgan fingerprint density at radius 2 is 1.46 bits per heavy atom. The van der Waals surface area contributed by atoms with Gasteiger partial charge in [-0.05, 0) is 55.9 Å². The Morgan fingerprint density at radius 1 is 0.829 bits per heavy atom. The summed E-state index contributed by atoms with van der Waals surface area (Å²) in [5, 5.41) is -0.522. The Bertz CT molecular complexity index is 1170. The van der Waals surface area contributed by atoms with Crippen LogP contribution < -0.4 is 0 Å². The molecule has 0 spiro atoms. The van der Waals surface area contributed by atoms with Gasteiger partial charge in [0.1, 0.15) is 5.25 Å². The van der Waals surface area contributed by atoms with Crippen molar-refractivity contribution in [2.45, 2.75) is 50.4 Å². The standard InChI is InChI=1S/C27H33N3O4S/c1-20-7-14-25(22-5-3-2-4-6-22)35(33,34)30(20)19-21-8-10-23(11-9-21)26(31)28-15-17-29(18-16-28)27(32)24-12-13-24/h2-6,8-11,20,24-25H,7,12-19H2,1H3/t20-,25?/m0/s1. The van der Waals surface area contributed by atoms with Gasteiger partial charge in [-0.3, -0.25) is 9.59 Å². The summed E-state index contributed by atoms with van der Waals surface area (Å²) in [6.45, 7) is 4.53. The molecule has 0 N–H and O–H groups in total. The van der Waals surface area contributed by atoms with Crippen molar-refractivity contribution in [3.05, 3.63) is 71.3 Å². The van der Waals surface area contributed by atoms with Crippen LogP contribution in [-0.2, 0) is 21.4 Å². The highest BCUT2D eigenvalue weighted by Crippen LogP contribution is 2.38. The van der Waals surface area contributed by atoms with E-state index in [4.69, 9.17) is 0 Å². The van der Waals surface area contributed by atoms with E-state index in [0.29, 0.717) is 44.7 Å². The Kier molecular flexibility index (Phi) is 6.68. The summed E-state index contributed by atoms with van der Waals surface area (Å²) in [6, 6.07) is 16.7. The van der Waals surface area contributed by atoms with Crippen LogP contribution >= 0.6 is 0 Å². The van der Waals surface area contributed by atoms with E-state index in [1.54, 1.807) is 21.3 Å². The first-order chi connectivity index (χ1) is 16.8. The lowest BCUT2D eigenvalue weighted by molar-refractivity contribution is -0.134. The molecule has 0 bridgehead atoms. The first kappa shape index (κ1) is 24.0. The van der Waals surface area contributed by atoms with Gasteiger partial charge in [0.15, 0.2) is 0 Å². The predicted molar refractivity (Wildman–Crippen MR) is 134 cm³/mol. The molecule has 2 aromatic rings. The second kappa shape index (κ2) is 9.74. The Balaban J connectivity index is 1.23. The van der Waals surface area contributed by atoms with Gasteiger partial charge in [-0.25, -0.2) is 8.42 Å². The van der Waals surface area contributed by atoms with Crippen molar-refractivity contribution in [3.63, 3.8) is 0 Å². The van der Waals surface area contributed by atoms with Crippen LogP contribution in [0.15, 0.2) is 54.6 Å². The molecule has 2 aliphatic heterocycles. The maximum absolute atomic E-state index is 13.5. The second-order valence-corrected chi connectivity index (χ2v) is 12.1. The zero-order valence-corrected chi connectivity index (χ0v) is 21.0. The molecule has 1 unspecified atom stereocenters. The summed E-state index contributed by atoms with van der Waals surface area (Å²) in [5.41, 5.74) is 2.29. The molecular weight excluding hydrogens is 462 g/mol. The van der Waals surface area contributed by atoms with E-state index in [1.165, 1.54) is 0 Å². The van der Waals surface area contributed by atoms with Crippen LogP contribution in [0.5, 0.6) is 0 Å². The van der Waals surface area contributed by atoms with Gasteiger partial charge in [0, 0.05) is 50.2 Å². The van der Waals surface area contributed by atoms with Crippen LogP contribution in [0.25, 0.3) is 0 Å². The number of benzene rings is 2. The maximum Gasteiger partial charge on any atom is 0.253 e. The minimum Gasteiger partial charge on any atom is -0.339 e. The summed E-state index contributed by atoms with van der Waals surface area (Å²) in [4.78, 5) is 28.9. The molecule has 2 heterocycles. The SMILES string of the molecule is C[C@H]1CCC(c2ccccc2)S(=O)(=O)N1Cc1ccc(C(=O)N2CCN(C(=O)C3CC3)CC2)cc1. The number of hydrogen-bond donors (Lipinski definition) is 0. The molecule has 1 saturated carbocycles. The Labute approximate surface area is 207 Å². The van der Waals surface area contributed by atoms with Gasteiger partial charge in [0.25, 0.3) is 5.91 Å². The summed E-state index contributed by atoms with van der Waals surface area (Å²) in [7, 11) is -3.50. The summed E-state index contributed by atoms with van der Waals surface area (Å²) in [5.74, 6) is 0.398. The molecule has 35 heavy (non-hydrogen) atoms. The number of piperazine rings is 1. The Hall–Kier alpha value is -2.71. The van der Waals surface area contributed by atoms with Gasteiger partial charge in [0.05, 0.1) is 0 Å². The van der Waals surface area contributed by atoms with Crippen molar-refractivity contribution >= 4 is 21.8 Å². The molecule has 2 aromatic carbocycles. The fraction of sp³-hybridized carbons (Fsp3) is 0.481. The lowest BCUT2D eigenvalue weighted by atomic mass is 10.0. The number of nitrogens with zero attached hydrogens (tertiary/aromatic N) is 3. The fourth-order valence-electron chi connectivity index (χ4n) is 5.19. The zero-order chi connectivity index (χ0) is 24.6. The van der Waals surface area contributed by atoms with Crippen LogP contribution in [0.3, 0.4) is 0 Å². The highest BCUT2D eigenvalue weighted by Gasteiger charge is 2.40. The predicted octanol–water partition coefficient (Wildman–Crippen LogP) is 3.44. The van der Waals surface area contributed by atoms with Crippen LogP contribution in [0.2, 0.25) is 0 Å². The zero-order valence-electron chi connectivity index (χ0n) is 20.2. The second-order valence-electron chi connectivity index (χ2n) is 10.0. The van der Waals surface area contributed by atoms with Gasteiger partial charge in [-0.1, -0.05) is 42.5 Å². The molecule has 0 radical (unpaired) electrons. The molecule has 186 valence electrons. The molecule has 2 saturated heterocycles. The third-order valence-corrected chi connectivity index (χ3v) is 9.91. The molecule has 7 nitrogen and oxygen atoms in total. The normalized spacial score (nSPS) is 24.8. The van der Waals surface area contributed by atoms with Crippen molar-refractivity contribution in [1.29, 1.82) is 0 Å². The topological polar surface area (TPSA) is 78.0 Å². The number of sulfonamides is 1. The number of rotatable bonds is 5. The molecule has 0 aromatic heterocycles. The minimum absolute atomic E-state index is 0.0434. The average molecular weight is 496 g/mol. The first-order valence-electron chi connectivity index (χ1n) is 12.6. The van der Waals surface area contributed by atoms with Crippen LogP contribution in [-0.4, -0.2) is 66.6 Å². The molecule has 1 aliphatic carbocycles. The molecular formula is C27H33N3O4S. The van der Waals surface area contributed by atoms with Crippen LogP contribution in [0.4, 0.5) is 0 Å². The molecule has 5 rings (SSSR count). The van der Waals surface area contributed by atoms with Gasteiger partial charge < -0.3 is 9.80 Å².